The Kier molecular flexibility index (Phi) is 3.96. The molecule has 2 aromatic heterocycles. The lowest BCUT2D eigenvalue weighted by atomic mass is 10.4. The van der Waals surface area contributed by atoms with E-state index in [0.717, 1.165) is 5.82 Å². The number of hydrogen-bond acceptors (Lipinski definition) is 4. The summed E-state index contributed by atoms with van der Waals surface area (Å²) in [7, 11) is 1.71. The number of imidazole rings is 1. The molecular weight excluding hydrogens is 264 g/mol. The maximum Gasteiger partial charge on any atom is 0.264 e. The lowest BCUT2D eigenvalue weighted by Gasteiger charge is -2.14. The molecule has 0 aliphatic heterocycles. The Labute approximate surface area is 114 Å². The van der Waals surface area contributed by atoms with Gasteiger partial charge in [-0.1, -0.05) is 0 Å². The molecule has 2 heterocycles. The minimum absolute atomic E-state index is 0.0991. The summed E-state index contributed by atoms with van der Waals surface area (Å²) >= 11 is 1.26. The molecule has 0 unspecified atom stereocenters. The minimum atomic E-state index is -0.148. The van der Waals surface area contributed by atoms with Crippen molar-refractivity contribution in [1.82, 2.24) is 14.9 Å². The van der Waals surface area contributed by atoms with Gasteiger partial charge in [-0.15, -0.1) is 11.3 Å². The molecule has 19 heavy (non-hydrogen) atoms. The quantitative estimate of drug-likeness (QED) is 0.893. The number of anilines is 1. The van der Waals surface area contributed by atoms with E-state index in [-0.39, 0.29) is 11.8 Å². The fourth-order valence-corrected chi connectivity index (χ4v) is 2.51. The first kappa shape index (κ1) is 13.3. The molecule has 0 fully saturated rings. The molecule has 2 aromatic rings. The van der Waals surface area contributed by atoms with Crippen molar-refractivity contribution in [2.75, 3.05) is 12.4 Å². The van der Waals surface area contributed by atoms with Crippen LogP contribution in [0.3, 0.4) is 0 Å². The van der Waals surface area contributed by atoms with Gasteiger partial charge >= 0.3 is 0 Å². The molecule has 100 valence electrons. The zero-order valence-electron chi connectivity index (χ0n) is 10.6. The van der Waals surface area contributed by atoms with Crippen LogP contribution in [0.15, 0.2) is 24.5 Å². The summed E-state index contributed by atoms with van der Waals surface area (Å²) in [6.45, 7) is 1.85. The standard InChI is InChI=1S/C12H14N4O2S/c1-8(17)15-11-4-3-9(19-11)12(18)16(2)7-10-13-5-6-14-10/h3-6H,7H2,1-2H3,(H,13,14)(H,15,17). The van der Waals surface area contributed by atoms with Gasteiger partial charge < -0.3 is 15.2 Å². The number of aromatic nitrogens is 2. The highest BCUT2D eigenvalue weighted by molar-refractivity contribution is 7.18. The van der Waals surface area contributed by atoms with Gasteiger partial charge in [-0.3, -0.25) is 9.59 Å². The van der Waals surface area contributed by atoms with Crippen molar-refractivity contribution < 1.29 is 9.59 Å². The van der Waals surface area contributed by atoms with Gasteiger partial charge in [0.15, 0.2) is 0 Å². The Morgan fingerprint density at radius 3 is 2.89 bits per heavy atom. The fraction of sp³-hybridized carbons (Fsp3) is 0.250. The zero-order valence-corrected chi connectivity index (χ0v) is 11.5. The van der Waals surface area contributed by atoms with Gasteiger partial charge in [0, 0.05) is 26.4 Å². The van der Waals surface area contributed by atoms with Gasteiger partial charge in [0.1, 0.15) is 5.82 Å². The van der Waals surface area contributed by atoms with Crippen LogP contribution in [-0.2, 0) is 11.3 Å². The summed E-state index contributed by atoms with van der Waals surface area (Å²) in [5, 5.41) is 3.32. The Morgan fingerprint density at radius 2 is 2.26 bits per heavy atom. The summed E-state index contributed by atoms with van der Waals surface area (Å²) < 4.78 is 0. The second kappa shape index (κ2) is 5.66. The van der Waals surface area contributed by atoms with Gasteiger partial charge in [-0.2, -0.15) is 0 Å². The molecule has 7 heteroatoms. The smallest absolute Gasteiger partial charge is 0.264 e. The number of aromatic amines is 1. The molecule has 0 aliphatic rings. The summed E-state index contributed by atoms with van der Waals surface area (Å²) in [5.74, 6) is 0.484. The second-order valence-corrected chi connectivity index (χ2v) is 5.13. The maximum atomic E-state index is 12.2. The number of amides is 2. The normalized spacial score (nSPS) is 10.2. The highest BCUT2D eigenvalue weighted by Crippen LogP contribution is 2.23. The molecule has 6 nitrogen and oxygen atoms in total. The largest absolute Gasteiger partial charge is 0.347 e. The Hall–Kier alpha value is -2.15. The number of nitrogens with one attached hydrogen (secondary N) is 2. The van der Waals surface area contributed by atoms with E-state index in [4.69, 9.17) is 0 Å². The third-order valence-corrected chi connectivity index (χ3v) is 3.39. The topological polar surface area (TPSA) is 78.1 Å². The predicted molar refractivity (Wildman–Crippen MR) is 73.0 cm³/mol. The molecule has 0 saturated carbocycles. The zero-order chi connectivity index (χ0) is 13.8. The molecule has 0 spiro atoms. The average Bonchev–Trinajstić information content (AvgIpc) is 2.98. The minimum Gasteiger partial charge on any atom is -0.347 e. The van der Waals surface area contributed by atoms with Crippen LogP contribution in [0.5, 0.6) is 0 Å². The number of thiophene rings is 1. The van der Waals surface area contributed by atoms with E-state index in [0.29, 0.717) is 16.4 Å². The summed E-state index contributed by atoms with van der Waals surface area (Å²) in [4.78, 5) is 32.3. The Bertz CT molecular complexity index is 576. The molecular formula is C12H14N4O2S. The van der Waals surface area contributed by atoms with E-state index in [1.54, 1.807) is 36.5 Å². The van der Waals surface area contributed by atoms with Crippen LogP contribution in [0.2, 0.25) is 0 Å². The maximum absolute atomic E-state index is 12.2. The highest BCUT2D eigenvalue weighted by Gasteiger charge is 2.15. The van der Waals surface area contributed by atoms with E-state index in [2.05, 4.69) is 15.3 Å². The van der Waals surface area contributed by atoms with E-state index in [1.807, 2.05) is 0 Å². The van der Waals surface area contributed by atoms with Crippen molar-refractivity contribution in [2.45, 2.75) is 13.5 Å². The van der Waals surface area contributed by atoms with Crippen LogP contribution in [-0.4, -0.2) is 33.7 Å². The van der Waals surface area contributed by atoms with Crippen LogP contribution in [0.4, 0.5) is 5.00 Å². The van der Waals surface area contributed by atoms with Crippen LogP contribution < -0.4 is 5.32 Å². The van der Waals surface area contributed by atoms with Gasteiger partial charge in [0.25, 0.3) is 5.91 Å². The monoisotopic (exact) mass is 278 g/mol. The van der Waals surface area contributed by atoms with Gasteiger partial charge in [-0.05, 0) is 12.1 Å². The van der Waals surface area contributed by atoms with Crippen molar-refractivity contribution in [3.8, 4) is 0 Å². The van der Waals surface area contributed by atoms with Crippen molar-refractivity contribution in [3.63, 3.8) is 0 Å². The Morgan fingerprint density at radius 1 is 1.47 bits per heavy atom. The Balaban J connectivity index is 2.02. The molecule has 0 atom stereocenters. The third kappa shape index (κ3) is 3.41. The number of hydrogen-bond donors (Lipinski definition) is 2. The van der Waals surface area contributed by atoms with Crippen molar-refractivity contribution >= 4 is 28.2 Å². The first-order valence-electron chi connectivity index (χ1n) is 5.67. The van der Waals surface area contributed by atoms with Crippen LogP contribution in [0.25, 0.3) is 0 Å². The fourth-order valence-electron chi connectivity index (χ4n) is 1.56. The number of carbonyl (C=O) groups excluding carboxylic acids is 2. The van der Waals surface area contributed by atoms with E-state index in [1.165, 1.54) is 18.3 Å². The first-order chi connectivity index (χ1) is 9.06. The molecule has 0 radical (unpaired) electrons. The number of rotatable bonds is 4. The molecule has 0 saturated heterocycles. The predicted octanol–water partition coefficient (Wildman–Crippen LogP) is 1.70. The molecule has 0 aromatic carbocycles. The molecule has 2 amide bonds. The van der Waals surface area contributed by atoms with Crippen molar-refractivity contribution in [1.29, 1.82) is 0 Å². The SMILES string of the molecule is CC(=O)Nc1ccc(C(=O)N(C)Cc2ncc[nH]2)s1. The molecule has 0 bridgehead atoms. The van der Waals surface area contributed by atoms with E-state index in [9.17, 15) is 9.59 Å². The number of H-pyrrole nitrogens is 1. The van der Waals surface area contributed by atoms with Crippen LogP contribution >= 0.6 is 11.3 Å². The molecule has 2 rings (SSSR count). The highest BCUT2D eigenvalue weighted by atomic mass is 32.1. The first-order valence-corrected chi connectivity index (χ1v) is 6.49. The average molecular weight is 278 g/mol. The van der Waals surface area contributed by atoms with Crippen LogP contribution in [0.1, 0.15) is 22.4 Å². The molecule has 0 aliphatic carbocycles. The second-order valence-electron chi connectivity index (χ2n) is 4.04. The summed E-state index contributed by atoms with van der Waals surface area (Å²) in [6, 6.07) is 3.43. The lowest BCUT2D eigenvalue weighted by Crippen LogP contribution is -2.25. The van der Waals surface area contributed by atoms with E-state index < -0.39 is 0 Å². The van der Waals surface area contributed by atoms with Crippen molar-refractivity contribution in [2.24, 2.45) is 0 Å². The van der Waals surface area contributed by atoms with Crippen LogP contribution in [0, 0.1) is 0 Å². The number of carbonyl (C=O) groups is 2. The lowest BCUT2D eigenvalue weighted by molar-refractivity contribution is -0.114. The summed E-state index contributed by atoms with van der Waals surface area (Å²) in [6.07, 6.45) is 3.36. The van der Waals surface area contributed by atoms with Gasteiger partial charge in [0.2, 0.25) is 5.91 Å². The van der Waals surface area contributed by atoms with Gasteiger partial charge in [-0.25, -0.2) is 4.98 Å². The van der Waals surface area contributed by atoms with Gasteiger partial charge in [0.05, 0.1) is 16.4 Å². The number of nitrogens with zero attached hydrogens (tertiary/aromatic N) is 2. The van der Waals surface area contributed by atoms with E-state index >= 15 is 0 Å². The third-order valence-electron chi connectivity index (χ3n) is 2.40. The molecule has 2 N–H and O–H groups in total. The van der Waals surface area contributed by atoms with Crippen molar-refractivity contribution in [3.05, 3.63) is 35.2 Å². The summed E-state index contributed by atoms with van der Waals surface area (Å²) in [5.41, 5.74) is 0.